The van der Waals surface area contributed by atoms with Gasteiger partial charge in [0, 0.05) is 12.5 Å². The zero-order valence-corrected chi connectivity index (χ0v) is 9.95. The van der Waals surface area contributed by atoms with Gasteiger partial charge >= 0.3 is 10.2 Å². The van der Waals surface area contributed by atoms with Crippen LogP contribution >= 0.6 is 0 Å². The molecule has 0 spiro atoms. The zero-order valence-electron chi connectivity index (χ0n) is 9.13. The van der Waals surface area contributed by atoms with E-state index < -0.39 is 10.2 Å². The second kappa shape index (κ2) is 5.01. The van der Waals surface area contributed by atoms with E-state index in [0.717, 1.165) is 13.0 Å². The zero-order chi connectivity index (χ0) is 12.3. The van der Waals surface area contributed by atoms with E-state index >= 15 is 0 Å². The van der Waals surface area contributed by atoms with Crippen molar-refractivity contribution in [3.63, 3.8) is 0 Å². The van der Waals surface area contributed by atoms with Crippen LogP contribution in [0, 0.1) is 5.92 Å². The third-order valence-corrected chi connectivity index (χ3v) is 3.45. The Labute approximate surface area is 99.6 Å². The molecule has 1 fully saturated rings. The Bertz CT molecular complexity index is 463. The Morgan fingerprint density at radius 1 is 1.35 bits per heavy atom. The first-order chi connectivity index (χ1) is 8.05. The predicted octanol–water partition coefficient (Wildman–Crippen LogP) is 1.76. The van der Waals surface area contributed by atoms with Crippen LogP contribution in [0.1, 0.15) is 6.42 Å². The summed E-state index contributed by atoms with van der Waals surface area (Å²) in [6.45, 7) is 1.98. The van der Waals surface area contributed by atoms with Gasteiger partial charge in [-0.25, -0.2) is 0 Å². The van der Waals surface area contributed by atoms with E-state index in [9.17, 15) is 12.3 Å². The van der Waals surface area contributed by atoms with E-state index in [1.807, 2.05) is 0 Å². The molecule has 0 radical (unpaired) electrons. The van der Waals surface area contributed by atoms with Crippen LogP contribution in [0.15, 0.2) is 29.2 Å². The van der Waals surface area contributed by atoms with Crippen molar-refractivity contribution in [2.24, 2.45) is 5.92 Å². The van der Waals surface area contributed by atoms with Crippen molar-refractivity contribution in [2.75, 3.05) is 19.8 Å². The molecule has 1 atom stereocenters. The Morgan fingerprint density at radius 2 is 2.06 bits per heavy atom. The lowest BCUT2D eigenvalue weighted by atomic mass is 10.1. The molecule has 0 saturated carbocycles. The van der Waals surface area contributed by atoms with Crippen molar-refractivity contribution >= 4 is 10.2 Å². The minimum Gasteiger partial charge on any atom is -0.493 e. The third-order valence-electron chi connectivity index (χ3n) is 2.61. The molecular formula is C11H13FO4S. The average Bonchev–Trinajstić information content (AvgIpc) is 2.78. The van der Waals surface area contributed by atoms with Crippen LogP contribution in [0.25, 0.3) is 0 Å². The van der Waals surface area contributed by atoms with Crippen LogP contribution in [0.4, 0.5) is 3.89 Å². The van der Waals surface area contributed by atoms with Crippen LogP contribution in [-0.4, -0.2) is 28.2 Å². The fraction of sp³-hybridized carbons (Fsp3) is 0.455. The number of ether oxygens (including phenoxy) is 2. The first kappa shape index (κ1) is 12.3. The summed E-state index contributed by atoms with van der Waals surface area (Å²) in [4.78, 5) is -0.353. The molecule has 17 heavy (non-hydrogen) atoms. The molecule has 1 aliphatic heterocycles. The lowest BCUT2D eigenvalue weighted by Crippen LogP contribution is -2.11. The summed E-state index contributed by atoms with van der Waals surface area (Å²) in [6.07, 6.45) is 0.969. The van der Waals surface area contributed by atoms with E-state index in [2.05, 4.69) is 0 Å². The molecule has 0 amide bonds. The van der Waals surface area contributed by atoms with Gasteiger partial charge in [-0.15, -0.1) is 3.89 Å². The number of hydrogen-bond donors (Lipinski definition) is 0. The molecule has 6 heteroatoms. The highest BCUT2D eigenvalue weighted by Gasteiger charge is 2.16. The molecule has 4 nitrogen and oxygen atoms in total. The van der Waals surface area contributed by atoms with E-state index in [1.165, 1.54) is 24.3 Å². The molecule has 0 aromatic heterocycles. The molecule has 1 unspecified atom stereocenters. The maximum Gasteiger partial charge on any atom is 0.332 e. The smallest absolute Gasteiger partial charge is 0.332 e. The van der Waals surface area contributed by atoms with Crippen molar-refractivity contribution in [1.29, 1.82) is 0 Å². The van der Waals surface area contributed by atoms with Crippen LogP contribution in [-0.2, 0) is 15.0 Å². The molecule has 2 rings (SSSR count). The quantitative estimate of drug-likeness (QED) is 0.774. The predicted molar refractivity (Wildman–Crippen MR) is 59.2 cm³/mol. The van der Waals surface area contributed by atoms with Crippen molar-refractivity contribution in [3.8, 4) is 5.75 Å². The lowest BCUT2D eigenvalue weighted by Gasteiger charge is -2.10. The average molecular weight is 260 g/mol. The summed E-state index contributed by atoms with van der Waals surface area (Å²) < 4.78 is 44.4. The minimum absolute atomic E-state index is 0.353. The normalized spacial score (nSPS) is 20.4. The van der Waals surface area contributed by atoms with Gasteiger partial charge in [0.2, 0.25) is 0 Å². The fourth-order valence-electron chi connectivity index (χ4n) is 1.63. The second-order valence-corrected chi connectivity index (χ2v) is 5.30. The molecule has 1 aliphatic rings. The Morgan fingerprint density at radius 3 is 2.59 bits per heavy atom. The van der Waals surface area contributed by atoms with Gasteiger partial charge < -0.3 is 9.47 Å². The largest absolute Gasteiger partial charge is 0.493 e. The first-order valence-corrected chi connectivity index (χ1v) is 6.69. The van der Waals surface area contributed by atoms with E-state index in [0.29, 0.717) is 24.9 Å². The Hall–Kier alpha value is -1.14. The second-order valence-electron chi connectivity index (χ2n) is 3.95. The number of hydrogen-bond acceptors (Lipinski definition) is 4. The van der Waals surface area contributed by atoms with Gasteiger partial charge in [0.25, 0.3) is 0 Å². The molecule has 1 aromatic rings. The molecule has 1 aromatic carbocycles. The van der Waals surface area contributed by atoms with Crippen LogP contribution in [0.5, 0.6) is 5.75 Å². The SMILES string of the molecule is O=S(=O)(F)c1ccc(OCC2CCOC2)cc1. The minimum atomic E-state index is -4.63. The highest BCUT2D eigenvalue weighted by molar-refractivity contribution is 7.86. The van der Waals surface area contributed by atoms with Gasteiger partial charge in [-0.1, -0.05) is 0 Å². The fourth-order valence-corrected chi connectivity index (χ4v) is 2.09. The van der Waals surface area contributed by atoms with Crippen molar-refractivity contribution in [3.05, 3.63) is 24.3 Å². The summed E-state index contributed by atoms with van der Waals surface area (Å²) in [5, 5.41) is 0. The standard InChI is InChI=1S/C11H13FO4S/c12-17(13,14)11-3-1-10(2-4-11)16-8-9-5-6-15-7-9/h1-4,9H,5-8H2. The molecule has 0 aliphatic carbocycles. The van der Waals surface area contributed by atoms with E-state index in [4.69, 9.17) is 9.47 Å². The van der Waals surface area contributed by atoms with Gasteiger partial charge in [0.15, 0.2) is 0 Å². The third kappa shape index (κ3) is 3.41. The van der Waals surface area contributed by atoms with Crippen LogP contribution in [0.2, 0.25) is 0 Å². The van der Waals surface area contributed by atoms with Gasteiger partial charge in [0.05, 0.1) is 18.1 Å². The summed E-state index contributed by atoms with van der Waals surface area (Å²) in [5.74, 6) is 0.906. The van der Waals surface area contributed by atoms with E-state index in [-0.39, 0.29) is 4.90 Å². The molecular weight excluding hydrogens is 247 g/mol. The summed E-state index contributed by atoms with van der Waals surface area (Å²) >= 11 is 0. The van der Waals surface area contributed by atoms with Crippen molar-refractivity contribution in [1.82, 2.24) is 0 Å². The van der Waals surface area contributed by atoms with Gasteiger partial charge in [0.1, 0.15) is 5.75 Å². The summed E-state index contributed by atoms with van der Waals surface area (Å²) in [5.41, 5.74) is 0. The number of benzene rings is 1. The van der Waals surface area contributed by atoms with Crippen LogP contribution < -0.4 is 4.74 Å². The Balaban J connectivity index is 1.94. The Kier molecular flexibility index (Phi) is 3.63. The summed E-state index contributed by atoms with van der Waals surface area (Å²) in [7, 11) is -4.63. The number of halogens is 1. The maximum atomic E-state index is 12.6. The van der Waals surface area contributed by atoms with Gasteiger partial charge in [-0.05, 0) is 30.7 Å². The topological polar surface area (TPSA) is 52.6 Å². The molecule has 0 N–H and O–H groups in total. The number of rotatable bonds is 4. The molecule has 1 saturated heterocycles. The molecule has 0 bridgehead atoms. The summed E-state index contributed by atoms with van der Waals surface area (Å²) in [6, 6.07) is 5.27. The van der Waals surface area contributed by atoms with Gasteiger partial charge in [-0.3, -0.25) is 0 Å². The van der Waals surface area contributed by atoms with Gasteiger partial charge in [-0.2, -0.15) is 8.42 Å². The van der Waals surface area contributed by atoms with E-state index in [1.54, 1.807) is 0 Å². The monoisotopic (exact) mass is 260 g/mol. The molecule has 1 heterocycles. The van der Waals surface area contributed by atoms with Crippen molar-refractivity contribution in [2.45, 2.75) is 11.3 Å². The maximum absolute atomic E-state index is 12.6. The molecule has 94 valence electrons. The van der Waals surface area contributed by atoms with Crippen molar-refractivity contribution < 1.29 is 21.8 Å². The van der Waals surface area contributed by atoms with Crippen LogP contribution in [0.3, 0.4) is 0 Å². The highest BCUT2D eigenvalue weighted by Crippen LogP contribution is 2.19. The first-order valence-electron chi connectivity index (χ1n) is 5.31. The lowest BCUT2D eigenvalue weighted by molar-refractivity contribution is 0.167. The highest BCUT2D eigenvalue weighted by atomic mass is 32.3.